The van der Waals surface area contributed by atoms with E-state index < -0.39 is 15.8 Å². The molecule has 0 saturated carbocycles. The normalized spacial score (nSPS) is 18.3. The van der Waals surface area contributed by atoms with Gasteiger partial charge in [-0.3, -0.25) is 4.79 Å². The lowest BCUT2D eigenvalue weighted by molar-refractivity contribution is -0.119. The molecule has 1 aromatic heterocycles. The summed E-state index contributed by atoms with van der Waals surface area (Å²) in [6.45, 7) is 0. The highest BCUT2D eigenvalue weighted by Crippen LogP contribution is 2.28. The summed E-state index contributed by atoms with van der Waals surface area (Å²) in [6.07, 6.45) is 0.382. The first-order valence-corrected chi connectivity index (χ1v) is 11.3. The van der Waals surface area contributed by atoms with Gasteiger partial charge in [0.1, 0.15) is 0 Å². The van der Waals surface area contributed by atoms with Gasteiger partial charge in [-0.2, -0.15) is 0 Å². The van der Waals surface area contributed by atoms with Crippen molar-refractivity contribution in [3.63, 3.8) is 0 Å². The molecule has 1 saturated heterocycles. The van der Waals surface area contributed by atoms with Gasteiger partial charge in [-0.05, 0) is 17.5 Å². The molecule has 1 atom stereocenters. The molecule has 7 heteroatoms. The average molecular weight is 399 g/mol. The molecule has 3 aromatic rings. The Bertz CT molecular complexity index is 1060. The SMILES string of the molecule is O=C(Nc1nc(-c2ccc(-c3ccccc3)cc2)cs1)C1CCS(=O)(=O)C1. The van der Waals surface area contributed by atoms with E-state index in [4.69, 9.17) is 0 Å². The Kier molecular flexibility index (Phi) is 4.80. The van der Waals surface area contributed by atoms with Crippen molar-refractivity contribution in [3.05, 3.63) is 60.0 Å². The molecule has 4 rings (SSSR count). The van der Waals surface area contributed by atoms with Gasteiger partial charge in [-0.25, -0.2) is 13.4 Å². The van der Waals surface area contributed by atoms with E-state index in [2.05, 4.69) is 22.4 Å². The highest BCUT2D eigenvalue weighted by Gasteiger charge is 2.33. The fraction of sp³-hybridized carbons (Fsp3) is 0.200. The van der Waals surface area contributed by atoms with Crippen molar-refractivity contribution in [2.75, 3.05) is 16.8 Å². The molecule has 1 aliphatic heterocycles. The van der Waals surface area contributed by atoms with Gasteiger partial charge in [0.2, 0.25) is 5.91 Å². The number of nitrogens with one attached hydrogen (secondary N) is 1. The summed E-state index contributed by atoms with van der Waals surface area (Å²) in [5.74, 6) is -0.733. The van der Waals surface area contributed by atoms with E-state index in [1.807, 2.05) is 47.8 Å². The second-order valence-electron chi connectivity index (χ2n) is 6.57. The number of rotatable bonds is 4. The number of thiazole rings is 1. The van der Waals surface area contributed by atoms with Crippen molar-refractivity contribution in [1.82, 2.24) is 4.98 Å². The van der Waals surface area contributed by atoms with Crippen LogP contribution in [0.3, 0.4) is 0 Å². The van der Waals surface area contributed by atoms with E-state index in [1.54, 1.807) is 0 Å². The van der Waals surface area contributed by atoms with Crippen molar-refractivity contribution in [2.24, 2.45) is 5.92 Å². The van der Waals surface area contributed by atoms with Crippen LogP contribution >= 0.6 is 11.3 Å². The van der Waals surface area contributed by atoms with Crippen LogP contribution < -0.4 is 5.32 Å². The molecule has 2 heterocycles. The molecule has 0 bridgehead atoms. The molecule has 27 heavy (non-hydrogen) atoms. The molecular weight excluding hydrogens is 380 g/mol. The minimum absolute atomic E-state index is 0.0714. The Morgan fingerprint density at radius 2 is 1.67 bits per heavy atom. The van der Waals surface area contributed by atoms with Crippen molar-refractivity contribution in [1.29, 1.82) is 0 Å². The molecule has 5 nitrogen and oxygen atoms in total. The van der Waals surface area contributed by atoms with Crippen LogP contribution in [0.15, 0.2) is 60.0 Å². The summed E-state index contributed by atoms with van der Waals surface area (Å²) in [4.78, 5) is 16.7. The monoisotopic (exact) mass is 398 g/mol. The van der Waals surface area contributed by atoms with Gasteiger partial charge in [0.15, 0.2) is 15.0 Å². The maximum absolute atomic E-state index is 12.2. The number of aromatic nitrogens is 1. The largest absolute Gasteiger partial charge is 0.302 e. The van der Waals surface area contributed by atoms with Crippen LogP contribution in [-0.2, 0) is 14.6 Å². The Morgan fingerprint density at radius 3 is 2.33 bits per heavy atom. The van der Waals surface area contributed by atoms with E-state index in [1.165, 1.54) is 11.3 Å². The molecule has 0 spiro atoms. The van der Waals surface area contributed by atoms with Crippen molar-refractivity contribution < 1.29 is 13.2 Å². The zero-order valence-corrected chi connectivity index (χ0v) is 16.1. The quantitative estimate of drug-likeness (QED) is 0.724. The fourth-order valence-electron chi connectivity index (χ4n) is 3.14. The van der Waals surface area contributed by atoms with Gasteiger partial charge in [0, 0.05) is 10.9 Å². The van der Waals surface area contributed by atoms with Crippen LogP contribution in [0.1, 0.15) is 6.42 Å². The molecule has 1 amide bonds. The van der Waals surface area contributed by atoms with Crippen LogP contribution in [-0.4, -0.2) is 30.8 Å². The summed E-state index contributed by atoms with van der Waals surface area (Å²) >= 11 is 1.34. The predicted octanol–water partition coefficient (Wildman–Crippen LogP) is 3.85. The summed E-state index contributed by atoms with van der Waals surface area (Å²) in [5.41, 5.74) is 4.04. The number of sulfone groups is 1. The zero-order valence-electron chi connectivity index (χ0n) is 14.5. The van der Waals surface area contributed by atoms with Crippen molar-refractivity contribution in [2.45, 2.75) is 6.42 Å². The van der Waals surface area contributed by atoms with E-state index in [9.17, 15) is 13.2 Å². The topological polar surface area (TPSA) is 76.1 Å². The van der Waals surface area contributed by atoms with Gasteiger partial charge in [0.25, 0.3) is 0 Å². The van der Waals surface area contributed by atoms with Gasteiger partial charge in [0.05, 0.1) is 23.1 Å². The molecule has 1 fully saturated rings. The third kappa shape index (κ3) is 4.09. The van der Waals surface area contributed by atoms with Gasteiger partial charge >= 0.3 is 0 Å². The second-order valence-corrected chi connectivity index (χ2v) is 9.66. The summed E-state index contributed by atoms with van der Waals surface area (Å²) in [6, 6.07) is 18.2. The summed E-state index contributed by atoms with van der Waals surface area (Å²) in [5, 5.41) is 5.13. The van der Waals surface area contributed by atoms with Crippen LogP contribution in [0, 0.1) is 5.92 Å². The first-order valence-electron chi connectivity index (χ1n) is 8.63. The Balaban J connectivity index is 1.45. The highest BCUT2D eigenvalue weighted by molar-refractivity contribution is 7.91. The number of anilines is 1. The number of carbonyl (C=O) groups excluding carboxylic acids is 1. The third-order valence-corrected chi connectivity index (χ3v) is 7.15. The Hall–Kier alpha value is -2.51. The third-order valence-electron chi connectivity index (χ3n) is 4.63. The highest BCUT2D eigenvalue weighted by atomic mass is 32.2. The first-order chi connectivity index (χ1) is 13.0. The number of hydrogen-bond acceptors (Lipinski definition) is 5. The van der Waals surface area contributed by atoms with Gasteiger partial charge < -0.3 is 5.32 Å². The number of nitrogens with zero attached hydrogens (tertiary/aromatic N) is 1. The number of benzene rings is 2. The summed E-state index contributed by atoms with van der Waals surface area (Å²) < 4.78 is 23.0. The first kappa shape index (κ1) is 17.9. The fourth-order valence-corrected chi connectivity index (χ4v) is 5.60. The maximum Gasteiger partial charge on any atom is 0.230 e. The maximum atomic E-state index is 12.2. The predicted molar refractivity (Wildman–Crippen MR) is 108 cm³/mol. The minimum atomic E-state index is -3.08. The van der Waals surface area contributed by atoms with Crippen molar-refractivity contribution >= 4 is 32.2 Å². The number of carbonyl (C=O) groups is 1. The van der Waals surface area contributed by atoms with Crippen LogP contribution in [0.4, 0.5) is 5.13 Å². The lowest BCUT2D eigenvalue weighted by Crippen LogP contribution is -2.23. The second kappa shape index (κ2) is 7.25. The minimum Gasteiger partial charge on any atom is -0.302 e. The molecular formula is C20H18N2O3S2. The average Bonchev–Trinajstić information content (AvgIpc) is 3.29. The van der Waals surface area contributed by atoms with E-state index >= 15 is 0 Å². The lowest BCUT2D eigenvalue weighted by Gasteiger charge is -2.06. The zero-order chi connectivity index (χ0) is 18.9. The molecule has 138 valence electrons. The van der Waals surface area contributed by atoms with Crippen LogP contribution in [0.25, 0.3) is 22.4 Å². The van der Waals surface area contributed by atoms with Gasteiger partial charge in [-0.1, -0.05) is 54.6 Å². The van der Waals surface area contributed by atoms with E-state index in [0.717, 1.165) is 22.4 Å². The molecule has 1 N–H and O–H groups in total. The molecule has 0 radical (unpaired) electrons. The standard InChI is InChI=1S/C20H18N2O3S2/c23-19(17-10-11-27(24,25)13-17)22-20-21-18(12-26-20)16-8-6-15(7-9-16)14-4-2-1-3-5-14/h1-9,12,17H,10-11,13H2,(H,21,22,23). The number of hydrogen-bond donors (Lipinski definition) is 1. The smallest absolute Gasteiger partial charge is 0.230 e. The number of amides is 1. The Labute approximate surface area is 162 Å². The van der Waals surface area contributed by atoms with Crippen molar-refractivity contribution in [3.8, 4) is 22.4 Å². The van der Waals surface area contributed by atoms with Crippen LogP contribution in [0.5, 0.6) is 0 Å². The molecule has 0 aliphatic carbocycles. The summed E-state index contributed by atoms with van der Waals surface area (Å²) in [7, 11) is -3.08. The molecule has 1 unspecified atom stereocenters. The van der Waals surface area contributed by atoms with E-state index in [0.29, 0.717) is 11.6 Å². The van der Waals surface area contributed by atoms with Crippen LogP contribution in [0.2, 0.25) is 0 Å². The molecule has 2 aromatic carbocycles. The van der Waals surface area contributed by atoms with Gasteiger partial charge in [-0.15, -0.1) is 11.3 Å². The lowest BCUT2D eigenvalue weighted by atomic mass is 10.0. The van der Waals surface area contributed by atoms with E-state index in [-0.39, 0.29) is 17.4 Å². The Morgan fingerprint density at radius 1 is 1.00 bits per heavy atom. The molecule has 1 aliphatic rings.